The van der Waals surface area contributed by atoms with E-state index < -0.39 is 0 Å². The number of amides is 1. The topological polar surface area (TPSA) is 43.8 Å². The molecule has 1 fully saturated rings. The molecule has 1 aliphatic heterocycles. The SMILES string of the molecule is CN(C(=O)C1C=CC=CC2=C1CCCC2)[C@H](CN1CC[C@H](O)C1)c1ccccc1. The zero-order valence-corrected chi connectivity index (χ0v) is 17.3. The average molecular weight is 393 g/mol. The van der Waals surface area contributed by atoms with Crippen LogP contribution >= 0.6 is 0 Å². The molecule has 0 spiro atoms. The van der Waals surface area contributed by atoms with E-state index in [1.807, 2.05) is 36.2 Å². The maximum absolute atomic E-state index is 13.7. The van der Waals surface area contributed by atoms with Crippen LogP contribution in [0, 0.1) is 5.92 Å². The minimum absolute atomic E-state index is 0.0220. The first kappa shape index (κ1) is 20.1. The van der Waals surface area contributed by atoms with E-state index in [0.717, 1.165) is 37.9 Å². The van der Waals surface area contributed by atoms with E-state index >= 15 is 0 Å². The van der Waals surface area contributed by atoms with Gasteiger partial charge in [0, 0.05) is 26.7 Å². The third-order valence-electron chi connectivity index (χ3n) is 6.59. The second-order valence-corrected chi connectivity index (χ2v) is 8.56. The number of carbonyl (C=O) groups is 1. The van der Waals surface area contributed by atoms with Gasteiger partial charge in [-0.1, -0.05) is 60.2 Å². The highest BCUT2D eigenvalue weighted by atomic mass is 16.3. The molecule has 4 heteroatoms. The Morgan fingerprint density at radius 3 is 2.76 bits per heavy atom. The molecule has 0 aromatic heterocycles. The lowest BCUT2D eigenvalue weighted by atomic mass is 9.83. The number of likely N-dealkylation sites (tertiary alicyclic amines) is 1. The molecule has 1 N–H and O–H groups in total. The smallest absolute Gasteiger partial charge is 0.233 e. The maximum atomic E-state index is 13.7. The molecule has 4 nitrogen and oxygen atoms in total. The van der Waals surface area contributed by atoms with Crippen LogP contribution in [0.25, 0.3) is 0 Å². The summed E-state index contributed by atoms with van der Waals surface area (Å²) in [5.41, 5.74) is 3.81. The first-order valence-electron chi connectivity index (χ1n) is 10.9. The van der Waals surface area contributed by atoms with E-state index in [1.165, 1.54) is 24.0 Å². The van der Waals surface area contributed by atoms with Crippen LogP contribution in [0.4, 0.5) is 0 Å². The largest absolute Gasteiger partial charge is 0.392 e. The summed E-state index contributed by atoms with van der Waals surface area (Å²) in [6.45, 7) is 2.33. The number of benzene rings is 1. The normalized spacial score (nSPS) is 25.6. The number of hydrogen-bond acceptors (Lipinski definition) is 3. The van der Waals surface area contributed by atoms with Crippen LogP contribution < -0.4 is 0 Å². The molecule has 1 heterocycles. The van der Waals surface area contributed by atoms with E-state index in [0.29, 0.717) is 6.54 Å². The zero-order chi connectivity index (χ0) is 20.2. The fraction of sp³-hybridized carbons (Fsp3) is 0.480. The number of hydrogen-bond donors (Lipinski definition) is 1. The predicted molar refractivity (Wildman–Crippen MR) is 116 cm³/mol. The number of aliphatic hydroxyl groups excluding tert-OH is 1. The number of nitrogens with zero attached hydrogens (tertiary/aromatic N) is 2. The fourth-order valence-corrected chi connectivity index (χ4v) is 4.91. The highest BCUT2D eigenvalue weighted by molar-refractivity contribution is 5.84. The van der Waals surface area contributed by atoms with Crippen molar-refractivity contribution in [1.82, 2.24) is 9.80 Å². The van der Waals surface area contributed by atoms with Gasteiger partial charge in [0.05, 0.1) is 18.1 Å². The van der Waals surface area contributed by atoms with Crippen molar-refractivity contribution in [2.75, 3.05) is 26.7 Å². The van der Waals surface area contributed by atoms with Gasteiger partial charge < -0.3 is 10.0 Å². The first-order chi connectivity index (χ1) is 14.1. The third-order valence-corrected chi connectivity index (χ3v) is 6.59. The van der Waals surface area contributed by atoms with Gasteiger partial charge in [-0.2, -0.15) is 0 Å². The van der Waals surface area contributed by atoms with Gasteiger partial charge in [-0.05, 0) is 43.2 Å². The number of likely N-dealkylation sites (N-methyl/N-ethyl adjacent to an activating group) is 1. The first-order valence-corrected chi connectivity index (χ1v) is 10.9. The lowest BCUT2D eigenvalue weighted by Crippen LogP contribution is -2.41. The Hall–Kier alpha value is -2.17. The number of allylic oxidation sites excluding steroid dienone is 4. The fourth-order valence-electron chi connectivity index (χ4n) is 4.91. The molecular weight excluding hydrogens is 360 g/mol. The van der Waals surface area contributed by atoms with E-state index in [4.69, 9.17) is 0 Å². The Kier molecular flexibility index (Phi) is 6.31. The van der Waals surface area contributed by atoms with Crippen LogP contribution in [-0.2, 0) is 4.79 Å². The summed E-state index contributed by atoms with van der Waals surface area (Å²) in [6.07, 6.45) is 13.4. The van der Waals surface area contributed by atoms with Gasteiger partial charge in [0.2, 0.25) is 5.91 Å². The van der Waals surface area contributed by atoms with Crippen LogP contribution in [0.2, 0.25) is 0 Å². The number of carbonyl (C=O) groups excluding carboxylic acids is 1. The van der Waals surface area contributed by atoms with Gasteiger partial charge in [0.15, 0.2) is 0 Å². The van der Waals surface area contributed by atoms with Crippen molar-refractivity contribution in [3.05, 3.63) is 71.3 Å². The lowest BCUT2D eigenvalue weighted by Gasteiger charge is -2.35. The molecule has 0 saturated carbocycles. The standard InChI is InChI=1S/C25H32N2O2/c1-26(25(29)23-14-8-6-10-19-9-5-7-13-22(19)23)24(20-11-3-2-4-12-20)18-27-16-15-21(28)17-27/h2-4,6,8,10-12,14,21,23-24,28H,5,7,9,13,15-18H2,1H3/t21-,23?,24+/m0/s1. The Morgan fingerprint density at radius 1 is 1.21 bits per heavy atom. The Morgan fingerprint density at radius 2 is 2.00 bits per heavy atom. The van der Waals surface area contributed by atoms with Crippen molar-refractivity contribution in [2.45, 2.75) is 44.2 Å². The molecule has 1 aromatic rings. The molecule has 1 saturated heterocycles. The number of rotatable bonds is 5. The number of β-amino-alcohol motifs (C(OH)–C–C–N with tert-alkyl or cyclic N) is 1. The summed E-state index contributed by atoms with van der Waals surface area (Å²) in [6, 6.07) is 10.3. The van der Waals surface area contributed by atoms with E-state index in [-0.39, 0.29) is 24.0 Å². The summed E-state index contributed by atoms with van der Waals surface area (Å²) in [4.78, 5) is 17.9. The molecule has 3 aliphatic rings. The van der Waals surface area contributed by atoms with Crippen molar-refractivity contribution in [1.29, 1.82) is 0 Å². The molecule has 1 amide bonds. The van der Waals surface area contributed by atoms with Gasteiger partial charge in [-0.3, -0.25) is 9.69 Å². The van der Waals surface area contributed by atoms with Crippen molar-refractivity contribution in [2.24, 2.45) is 5.92 Å². The highest BCUT2D eigenvalue weighted by Gasteiger charge is 2.33. The minimum Gasteiger partial charge on any atom is -0.392 e. The summed E-state index contributed by atoms with van der Waals surface area (Å²) >= 11 is 0. The molecule has 0 bridgehead atoms. The van der Waals surface area contributed by atoms with Gasteiger partial charge >= 0.3 is 0 Å². The second kappa shape index (κ2) is 9.10. The maximum Gasteiger partial charge on any atom is 0.233 e. The van der Waals surface area contributed by atoms with Crippen LogP contribution in [0.5, 0.6) is 0 Å². The Bertz CT molecular complexity index is 811. The molecule has 4 rings (SSSR count). The van der Waals surface area contributed by atoms with E-state index in [2.05, 4.69) is 35.3 Å². The quantitative estimate of drug-likeness (QED) is 0.827. The summed E-state index contributed by atoms with van der Waals surface area (Å²) in [7, 11) is 1.95. The van der Waals surface area contributed by atoms with Gasteiger partial charge in [-0.15, -0.1) is 0 Å². The number of aliphatic hydroxyl groups is 1. The van der Waals surface area contributed by atoms with E-state index in [9.17, 15) is 9.90 Å². The van der Waals surface area contributed by atoms with Crippen LogP contribution in [0.3, 0.4) is 0 Å². The van der Waals surface area contributed by atoms with E-state index in [1.54, 1.807) is 0 Å². The van der Waals surface area contributed by atoms with Crippen molar-refractivity contribution < 1.29 is 9.90 Å². The molecule has 154 valence electrons. The van der Waals surface area contributed by atoms with Crippen molar-refractivity contribution in [3.63, 3.8) is 0 Å². The van der Waals surface area contributed by atoms with Crippen molar-refractivity contribution in [3.8, 4) is 0 Å². The van der Waals surface area contributed by atoms with Crippen LogP contribution in [0.1, 0.15) is 43.7 Å². The molecule has 3 atom stereocenters. The summed E-state index contributed by atoms with van der Waals surface area (Å²) in [5, 5.41) is 9.95. The molecule has 2 aliphatic carbocycles. The molecule has 1 unspecified atom stereocenters. The van der Waals surface area contributed by atoms with Crippen LogP contribution in [-0.4, -0.2) is 53.6 Å². The van der Waals surface area contributed by atoms with Gasteiger partial charge in [0.25, 0.3) is 0 Å². The van der Waals surface area contributed by atoms with Crippen molar-refractivity contribution >= 4 is 5.91 Å². The predicted octanol–water partition coefficient (Wildman–Crippen LogP) is 3.87. The molecule has 29 heavy (non-hydrogen) atoms. The van der Waals surface area contributed by atoms with Gasteiger partial charge in [0.1, 0.15) is 0 Å². The second-order valence-electron chi connectivity index (χ2n) is 8.56. The summed E-state index contributed by atoms with van der Waals surface area (Å²) < 4.78 is 0. The highest BCUT2D eigenvalue weighted by Crippen LogP contribution is 2.35. The summed E-state index contributed by atoms with van der Waals surface area (Å²) in [5.74, 6) is 0.00799. The Labute approximate surface area is 174 Å². The monoisotopic (exact) mass is 392 g/mol. The minimum atomic E-state index is -0.252. The molecular formula is C25H32N2O2. The third kappa shape index (κ3) is 4.54. The average Bonchev–Trinajstić information content (AvgIpc) is 3.04. The Balaban J connectivity index is 1.59. The van der Waals surface area contributed by atoms with Gasteiger partial charge in [-0.25, -0.2) is 0 Å². The molecule has 0 radical (unpaired) electrons. The zero-order valence-electron chi connectivity index (χ0n) is 17.3. The molecule has 1 aromatic carbocycles. The lowest BCUT2D eigenvalue weighted by molar-refractivity contribution is -0.134. The van der Waals surface area contributed by atoms with Crippen LogP contribution in [0.15, 0.2) is 65.8 Å².